The van der Waals surface area contributed by atoms with Crippen LogP contribution in [0.15, 0.2) is 29.0 Å². The molecule has 0 aliphatic carbocycles. The maximum Gasteiger partial charge on any atom is 0.492 e. The van der Waals surface area contributed by atoms with Gasteiger partial charge in [0.2, 0.25) is 11.8 Å². The van der Waals surface area contributed by atoms with Gasteiger partial charge in [-0.05, 0) is 34.2 Å². The summed E-state index contributed by atoms with van der Waals surface area (Å²) in [6.07, 6.45) is 0. The van der Waals surface area contributed by atoms with Crippen molar-refractivity contribution < 1.29 is 14.5 Å². The number of benzene rings is 1. The Kier molecular flexibility index (Phi) is 5.01. The van der Waals surface area contributed by atoms with Crippen LogP contribution in [0.25, 0.3) is 0 Å². The lowest BCUT2D eigenvalue weighted by Gasteiger charge is -2.06. The maximum absolute atomic E-state index is 11.9. The van der Waals surface area contributed by atoms with E-state index in [1.165, 1.54) is 6.92 Å². The molecule has 1 aromatic heterocycles. The summed E-state index contributed by atoms with van der Waals surface area (Å²) in [7, 11) is 0. The molecule has 120 valence electrons. The van der Waals surface area contributed by atoms with E-state index in [9.17, 15) is 19.7 Å². The fraction of sp³-hybridized carbons (Fsp3) is 0.167. The number of amides is 2. The van der Waals surface area contributed by atoms with Gasteiger partial charge in [0, 0.05) is 39.3 Å². The van der Waals surface area contributed by atoms with E-state index in [1.807, 2.05) is 0 Å². The van der Waals surface area contributed by atoms with E-state index >= 15 is 0 Å². The molecule has 2 amide bonds. The number of rotatable bonds is 5. The molecular formula is C12H11BrN6O4. The first-order valence-electron chi connectivity index (χ1n) is 6.27. The zero-order valence-electron chi connectivity index (χ0n) is 11.8. The highest BCUT2D eigenvalue weighted by atomic mass is 79.9. The second kappa shape index (κ2) is 6.96. The van der Waals surface area contributed by atoms with Crippen LogP contribution in [0.3, 0.4) is 0 Å². The van der Waals surface area contributed by atoms with E-state index in [1.54, 1.807) is 24.3 Å². The first kappa shape index (κ1) is 16.5. The number of nitrogens with one attached hydrogen (secondary N) is 2. The average molecular weight is 383 g/mol. The van der Waals surface area contributed by atoms with Crippen molar-refractivity contribution in [3.05, 3.63) is 39.1 Å². The smallest absolute Gasteiger partial charge is 0.390 e. The molecule has 0 radical (unpaired) electrons. The van der Waals surface area contributed by atoms with E-state index in [2.05, 4.69) is 36.6 Å². The highest BCUT2D eigenvalue weighted by molar-refractivity contribution is 9.10. The van der Waals surface area contributed by atoms with Crippen LogP contribution in [0.4, 0.5) is 17.3 Å². The maximum atomic E-state index is 11.9. The van der Waals surface area contributed by atoms with Crippen LogP contribution >= 0.6 is 15.9 Å². The minimum absolute atomic E-state index is 0.0837. The first-order chi connectivity index (χ1) is 10.8. The van der Waals surface area contributed by atoms with Gasteiger partial charge in [-0.3, -0.25) is 9.59 Å². The Morgan fingerprint density at radius 1 is 1.26 bits per heavy atom. The highest BCUT2D eigenvalue weighted by Gasteiger charge is 2.21. The predicted octanol–water partition coefficient (Wildman–Crippen LogP) is 1.55. The van der Waals surface area contributed by atoms with Gasteiger partial charge < -0.3 is 20.7 Å². The normalized spacial score (nSPS) is 10.2. The van der Waals surface area contributed by atoms with Gasteiger partial charge in [0.1, 0.15) is 6.54 Å². The van der Waals surface area contributed by atoms with Crippen molar-refractivity contribution in [3.63, 3.8) is 0 Å². The Morgan fingerprint density at radius 3 is 2.30 bits per heavy atom. The molecule has 1 aromatic carbocycles. The number of aromatic nitrogens is 3. The minimum atomic E-state index is -0.750. The van der Waals surface area contributed by atoms with Gasteiger partial charge in [-0.25, -0.2) is 0 Å². The largest absolute Gasteiger partial charge is 0.492 e. The van der Waals surface area contributed by atoms with Gasteiger partial charge >= 0.3 is 5.95 Å². The second-order valence-electron chi connectivity index (χ2n) is 4.40. The molecule has 11 heteroatoms. The third-order valence-electron chi connectivity index (χ3n) is 2.56. The fourth-order valence-electron chi connectivity index (χ4n) is 1.67. The molecule has 0 aliphatic rings. The average Bonchev–Trinajstić information content (AvgIpc) is 2.82. The lowest BCUT2D eigenvalue weighted by molar-refractivity contribution is -0.394. The number of carbonyl (C=O) groups is 2. The molecule has 0 aliphatic heterocycles. The van der Waals surface area contributed by atoms with E-state index in [0.717, 1.165) is 4.68 Å². The molecule has 10 nitrogen and oxygen atoms in total. The summed E-state index contributed by atoms with van der Waals surface area (Å²) >= 11 is 3.00. The lowest BCUT2D eigenvalue weighted by Crippen LogP contribution is -2.19. The van der Waals surface area contributed by atoms with Crippen molar-refractivity contribution in [1.29, 1.82) is 0 Å². The Hall–Kier alpha value is -2.82. The van der Waals surface area contributed by atoms with Gasteiger partial charge in [0.05, 0.1) is 0 Å². The topological polar surface area (TPSA) is 132 Å². The van der Waals surface area contributed by atoms with Gasteiger partial charge in [-0.2, -0.15) is 4.68 Å². The van der Waals surface area contributed by atoms with E-state index < -0.39 is 16.8 Å². The van der Waals surface area contributed by atoms with Gasteiger partial charge in [-0.1, -0.05) is 0 Å². The van der Waals surface area contributed by atoms with Crippen molar-refractivity contribution in [3.8, 4) is 0 Å². The lowest BCUT2D eigenvalue weighted by atomic mass is 10.2. The van der Waals surface area contributed by atoms with E-state index in [0.29, 0.717) is 11.4 Å². The van der Waals surface area contributed by atoms with Crippen molar-refractivity contribution in [2.24, 2.45) is 0 Å². The monoisotopic (exact) mass is 382 g/mol. The first-order valence-corrected chi connectivity index (χ1v) is 7.06. The molecule has 2 rings (SSSR count). The number of carbonyl (C=O) groups excluding carboxylic acids is 2. The number of hydrogen-bond donors (Lipinski definition) is 2. The Balaban J connectivity index is 1.99. The van der Waals surface area contributed by atoms with Gasteiger partial charge in [0.15, 0.2) is 0 Å². The summed E-state index contributed by atoms with van der Waals surface area (Å²) in [4.78, 5) is 36.2. The third-order valence-corrected chi connectivity index (χ3v) is 3.15. The number of anilines is 2. The van der Waals surface area contributed by atoms with Crippen LogP contribution in [0, 0.1) is 10.1 Å². The van der Waals surface area contributed by atoms with Crippen molar-refractivity contribution in [1.82, 2.24) is 14.8 Å². The molecular weight excluding hydrogens is 372 g/mol. The predicted molar refractivity (Wildman–Crippen MR) is 83.8 cm³/mol. The SMILES string of the molecule is CC(=O)Nc1ccc(NC(=O)Cn2nc([N+](=O)[O-])nc2Br)cc1. The summed E-state index contributed by atoms with van der Waals surface area (Å²) in [6.45, 7) is 1.15. The molecule has 2 N–H and O–H groups in total. The van der Waals surface area contributed by atoms with Crippen LogP contribution in [0.5, 0.6) is 0 Å². The molecule has 0 spiro atoms. The van der Waals surface area contributed by atoms with Crippen LogP contribution in [0.1, 0.15) is 6.92 Å². The summed E-state index contributed by atoms with van der Waals surface area (Å²) < 4.78 is 1.15. The fourth-order valence-corrected chi connectivity index (χ4v) is 2.03. The number of halogens is 1. The Bertz CT molecular complexity index is 757. The zero-order valence-corrected chi connectivity index (χ0v) is 13.4. The number of nitro groups is 1. The van der Waals surface area contributed by atoms with Crippen LogP contribution in [0.2, 0.25) is 0 Å². The van der Waals surface area contributed by atoms with Crippen molar-refractivity contribution in [2.45, 2.75) is 13.5 Å². The molecule has 0 saturated carbocycles. The summed E-state index contributed by atoms with van der Waals surface area (Å²) in [6, 6.07) is 6.49. The van der Waals surface area contributed by atoms with Gasteiger partial charge in [0.25, 0.3) is 4.73 Å². The summed E-state index contributed by atoms with van der Waals surface area (Å²) in [5, 5.41) is 19.4. The van der Waals surface area contributed by atoms with Crippen LogP contribution in [-0.4, -0.2) is 31.5 Å². The van der Waals surface area contributed by atoms with Crippen molar-refractivity contribution in [2.75, 3.05) is 10.6 Å². The molecule has 23 heavy (non-hydrogen) atoms. The molecule has 0 saturated heterocycles. The molecule has 0 fully saturated rings. The number of hydrogen-bond acceptors (Lipinski definition) is 6. The van der Waals surface area contributed by atoms with Crippen molar-refractivity contribution >= 4 is 45.1 Å². The molecule has 0 unspecified atom stereocenters. The molecule has 0 bridgehead atoms. The summed E-state index contributed by atoms with van der Waals surface area (Å²) in [5.41, 5.74) is 1.11. The van der Waals surface area contributed by atoms with Gasteiger partial charge in [-0.15, -0.1) is 0 Å². The Morgan fingerprint density at radius 2 is 1.83 bits per heavy atom. The van der Waals surface area contributed by atoms with Crippen LogP contribution < -0.4 is 10.6 Å². The van der Waals surface area contributed by atoms with E-state index in [4.69, 9.17) is 0 Å². The standard InChI is InChI=1S/C12H11BrN6O4/c1-7(20)14-8-2-4-9(5-3-8)15-10(21)6-18-11(13)16-12(17-18)19(22)23/h2-5H,6H2,1H3,(H,14,20)(H,15,21). The molecule has 1 heterocycles. The molecule has 0 atom stereocenters. The second-order valence-corrected chi connectivity index (χ2v) is 5.11. The van der Waals surface area contributed by atoms with E-state index in [-0.39, 0.29) is 17.2 Å². The minimum Gasteiger partial charge on any atom is -0.390 e. The highest BCUT2D eigenvalue weighted by Crippen LogP contribution is 2.15. The molecule has 2 aromatic rings. The quantitative estimate of drug-likeness (QED) is 0.595. The van der Waals surface area contributed by atoms with Crippen LogP contribution in [-0.2, 0) is 16.1 Å². The summed E-state index contributed by atoms with van der Waals surface area (Å²) in [5.74, 6) is -1.22. The third kappa shape index (κ3) is 4.57. The zero-order chi connectivity index (χ0) is 17.0. The Labute approximate surface area is 138 Å². The number of nitrogens with zero attached hydrogens (tertiary/aromatic N) is 4.